The Bertz CT molecular complexity index is 561. The van der Waals surface area contributed by atoms with Crippen molar-refractivity contribution >= 4 is 11.6 Å². The van der Waals surface area contributed by atoms with Crippen LogP contribution in [0.3, 0.4) is 0 Å². The summed E-state index contributed by atoms with van der Waals surface area (Å²) in [5.41, 5.74) is 1.61. The molecule has 1 amide bonds. The zero-order valence-corrected chi connectivity index (χ0v) is 10.8. The first-order valence-corrected chi connectivity index (χ1v) is 6.43. The second kappa shape index (κ2) is 5.81. The molecule has 2 heterocycles. The predicted molar refractivity (Wildman–Crippen MR) is 72.6 cm³/mol. The number of ether oxygens (including phenoxy) is 1. The van der Waals surface area contributed by atoms with Gasteiger partial charge in [-0.1, -0.05) is 5.21 Å². The van der Waals surface area contributed by atoms with E-state index in [2.05, 4.69) is 20.9 Å². The van der Waals surface area contributed by atoms with E-state index in [-0.39, 0.29) is 5.91 Å². The standard InChI is InChI=1S/C13H15N5O2/c19-13(12-9-14-6-8-20-12)16-10-1-3-11(4-2-10)18-7-5-15-17-18/h1-5,7,12,14H,6,8-9H2,(H,16,19). The Labute approximate surface area is 115 Å². The van der Waals surface area contributed by atoms with Crippen molar-refractivity contribution in [1.82, 2.24) is 20.3 Å². The lowest BCUT2D eigenvalue weighted by Gasteiger charge is -2.22. The Morgan fingerprint density at radius 1 is 1.40 bits per heavy atom. The SMILES string of the molecule is O=C(Nc1ccc(-n2ccnn2)cc1)C1CNCCO1. The number of rotatable bonds is 3. The number of anilines is 1. The molecule has 2 aromatic rings. The number of benzene rings is 1. The second-order valence-electron chi connectivity index (χ2n) is 4.45. The molecule has 1 unspecified atom stereocenters. The highest BCUT2D eigenvalue weighted by Gasteiger charge is 2.21. The summed E-state index contributed by atoms with van der Waals surface area (Å²) in [7, 11) is 0. The smallest absolute Gasteiger partial charge is 0.254 e. The van der Waals surface area contributed by atoms with Crippen LogP contribution < -0.4 is 10.6 Å². The van der Waals surface area contributed by atoms with Gasteiger partial charge in [0.15, 0.2) is 0 Å². The van der Waals surface area contributed by atoms with E-state index in [1.54, 1.807) is 17.1 Å². The maximum Gasteiger partial charge on any atom is 0.254 e. The van der Waals surface area contributed by atoms with Crippen LogP contribution in [0.4, 0.5) is 5.69 Å². The van der Waals surface area contributed by atoms with Crippen molar-refractivity contribution in [2.75, 3.05) is 25.0 Å². The van der Waals surface area contributed by atoms with Crippen molar-refractivity contribution in [1.29, 1.82) is 0 Å². The van der Waals surface area contributed by atoms with Crippen LogP contribution in [-0.2, 0) is 9.53 Å². The number of carbonyl (C=O) groups excluding carboxylic acids is 1. The Morgan fingerprint density at radius 3 is 2.90 bits per heavy atom. The van der Waals surface area contributed by atoms with Crippen LogP contribution in [0.25, 0.3) is 5.69 Å². The van der Waals surface area contributed by atoms with Crippen LogP contribution in [0, 0.1) is 0 Å². The van der Waals surface area contributed by atoms with Crippen molar-refractivity contribution in [3.8, 4) is 5.69 Å². The van der Waals surface area contributed by atoms with Crippen molar-refractivity contribution in [2.45, 2.75) is 6.10 Å². The van der Waals surface area contributed by atoms with Crippen LogP contribution in [0.15, 0.2) is 36.7 Å². The number of morpholine rings is 1. The molecule has 1 saturated heterocycles. The third-order valence-electron chi connectivity index (χ3n) is 3.04. The first-order valence-electron chi connectivity index (χ1n) is 6.43. The zero-order chi connectivity index (χ0) is 13.8. The lowest BCUT2D eigenvalue weighted by molar-refractivity contribution is -0.128. The van der Waals surface area contributed by atoms with E-state index < -0.39 is 6.10 Å². The monoisotopic (exact) mass is 273 g/mol. The molecule has 1 aromatic carbocycles. The molecule has 7 heteroatoms. The predicted octanol–water partition coefficient (Wildman–Crippen LogP) is 0.194. The average Bonchev–Trinajstić information content (AvgIpc) is 3.03. The van der Waals surface area contributed by atoms with Crippen LogP contribution in [0.1, 0.15) is 0 Å². The topological polar surface area (TPSA) is 81.1 Å². The third-order valence-corrected chi connectivity index (χ3v) is 3.04. The van der Waals surface area contributed by atoms with Crippen LogP contribution in [-0.4, -0.2) is 46.7 Å². The first kappa shape index (κ1) is 12.8. The van der Waals surface area contributed by atoms with Gasteiger partial charge in [0.05, 0.1) is 24.7 Å². The minimum absolute atomic E-state index is 0.134. The maximum absolute atomic E-state index is 12.0. The molecule has 0 aliphatic carbocycles. The van der Waals surface area contributed by atoms with Gasteiger partial charge in [-0.2, -0.15) is 0 Å². The number of nitrogens with zero attached hydrogens (tertiary/aromatic N) is 3. The van der Waals surface area contributed by atoms with Gasteiger partial charge in [0.25, 0.3) is 5.91 Å². The van der Waals surface area contributed by atoms with Crippen LogP contribution in [0.5, 0.6) is 0 Å². The summed E-state index contributed by atoms with van der Waals surface area (Å²) in [6, 6.07) is 7.38. The minimum Gasteiger partial charge on any atom is -0.366 e. The van der Waals surface area contributed by atoms with Gasteiger partial charge >= 0.3 is 0 Å². The summed E-state index contributed by atoms with van der Waals surface area (Å²) in [4.78, 5) is 12.0. The third kappa shape index (κ3) is 2.84. The fourth-order valence-corrected chi connectivity index (χ4v) is 2.00. The van der Waals surface area contributed by atoms with Crippen LogP contribution in [0.2, 0.25) is 0 Å². The fraction of sp³-hybridized carbons (Fsp3) is 0.308. The molecule has 1 atom stereocenters. The van der Waals surface area contributed by atoms with E-state index in [0.29, 0.717) is 13.2 Å². The van der Waals surface area contributed by atoms with Crippen molar-refractivity contribution < 1.29 is 9.53 Å². The summed E-state index contributed by atoms with van der Waals surface area (Å²) in [6.07, 6.45) is 2.94. The van der Waals surface area contributed by atoms with Crippen molar-refractivity contribution in [3.63, 3.8) is 0 Å². The largest absolute Gasteiger partial charge is 0.366 e. The van der Waals surface area contributed by atoms with Crippen molar-refractivity contribution in [3.05, 3.63) is 36.7 Å². The molecule has 0 radical (unpaired) electrons. The highest BCUT2D eigenvalue weighted by molar-refractivity contribution is 5.94. The Hall–Kier alpha value is -2.25. The molecule has 1 aliphatic heterocycles. The summed E-state index contributed by atoms with van der Waals surface area (Å²) < 4.78 is 7.05. The van der Waals surface area contributed by atoms with E-state index in [1.165, 1.54) is 0 Å². The quantitative estimate of drug-likeness (QED) is 0.834. The summed E-state index contributed by atoms with van der Waals surface area (Å²) in [5.74, 6) is -0.134. The lowest BCUT2D eigenvalue weighted by atomic mass is 10.2. The Kier molecular flexibility index (Phi) is 3.71. The van der Waals surface area contributed by atoms with E-state index in [4.69, 9.17) is 4.74 Å². The molecular formula is C13H15N5O2. The number of carbonyl (C=O) groups is 1. The summed E-state index contributed by atoms with van der Waals surface area (Å²) in [6.45, 7) is 1.89. The second-order valence-corrected chi connectivity index (χ2v) is 4.45. The molecule has 7 nitrogen and oxygen atoms in total. The molecule has 104 valence electrons. The fourth-order valence-electron chi connectivity index (χ4n) is 2.00. The highest BCUT2D eigenvalue weighted by Crippen LogP contribution is 2.13. The Balaban J connectivity index is 1.64. The minimum atomic E-state index is -0.432. The average molecular weight is 273 g/mol. The van der Waals surface area contributed by atoms with Gasteiger partial charge in [0.2, 0.25) is 0 Å². The van der Waals surface area contributed by atoms with E-state index in [0.717, 1.165) is 17.9 Å². The van der Waals surface area contributed by atoms with Gasteiger partial charge in [-0.3, -0.25) is 4.79 Å². The van der Waals surface area contributed by atoms with E-state index in [1.807, 2.05) is 24.3 Å². The molecule has 20 heavy (non-hydrogen) atoms. The van der Waals surface area contributed by atoms with Gasteiger partial charge in [-0.15, -0.1) is 5.10 Å². The van der Waals surface area contributed by atoms with Gasteiger partial charge < -0.3 is 15.4 Å². The molecule has 2 N–H and O–H groups in total. The van der Waals surface area contributed by atoms with Gasteiger partial charge in [0, 0.05) is 18.8 Å². The number of hydrogen-bond donors (Lipinski definition) is 2. The summed E-state index contributed by atoms with van der Waals surface area (Å²) >= 11 is 0. The zero-order valence-electron chi connectivity index (χ0n) is 10.8. The molecule has 1 aromatic heterocycles. The normalized spacial score (nSPS) is 18.7. The van der Waals surface area contributed by atoms with Gasteiger partial charge in [-0.05, 0) is 24.3 Å². The molecule has 1 fully saturated rings. The van der Waals surface area contributed by atoms with Gasteiger partial charge in [-0.25, -0.2) is 4.68 Å². The molecular weight excluding hydrogens is 258 g/mol. The molecule has 1 aliphatic rings. The van der Waals surface area contributed by atoms with E-state index >= 15 is 0 Å². The lowest BCUT2D eigenvalue weighted by Crippen LogP contribution is -2.45. The Morgan fingerprint density at radius 2 is 2.25 bits per heavy atom. The highest BCUT2D eigenvalue weighted by atomic mass is 16.5. The number of hydrogen-bond acceptors (Lipinski definition) is 5. The number of amides is 1. The first-order chi connectivity index (χ1) is 9.83. The number of nitrogens with one attached hydrogen (secondary N) is 2. The summed E-state index contributed by atoms with van der Waals surface area (Å²) in [5, 5.41) is 13.6. The molecule has 0 bridgehead atoms. The molecule has 3 rings (SSSR count). The number of aromatic nitrogens is 3. The maximum atomic E-state index is 12.0. The van der Waals surface area contributed by atoms with E-state index in [9.17, 15) is 4.79 Å². The van der Waals surface area contributed by atoms with Crippen LogP contribution >= 0.6 is 0 Å². The van der Waals surface area contributed by atoms with Gasteiger partial charge in [0.1, 0.15) is 6.10 Å². The van der Waals surface area contributed by atoms with Crippen molar-refractivity contribution in [2.24, 2.45) is 0 Å². The molecule has 0 saturated carbocycles. The molecule has 0 spiro atoms.